The van der Waals surface area contributed by atoms with Gasteiger partial charge in [-0.25, -0.2) is 0 Å². The number of likely N-dealkylation sites (N-methyl/N-ethyl adjacent to an activating group) is 1. The van der Waals surface area contributed by atoms with Crippen LogP contribution < -0.4 is 10.1 Å². The van der Waals surface area contributed by atoms with Crippen LogP contribution in [0.1, 0.15) is 5.56 Å². The molecule has 110 valence electrons. The number of rotatable bonds is 4. The molecule has 0 fully saturated rings. The number of benzene rings is 1. The van der Waals surface area contributed by atoms with Gasteiger partial charge in [0.25, 0.3) is 0 Å². The van der Waals surface area contributed by atoms with Gasteiger partial charge in [0.05, 0.1) is 12.8 Å². The van der Waals surface area contributed by atoms with Crippen molar-refractivity contribution in [2.24, 2.45) is 0 Å². The molecule has 0 saturated carbocycles. The number of amides is 2. The third-order valence-corrected chi connectivity index (χ3v) is 3.58. The number of methoxy groups -OCH3 is 1. The fourth-order valence-corrected chi connectivity index (χ4v) is 2.36. The Hall–Kier alpha value is -2.34. The quantitative estimate of drug-likeness (QED) is 0.882. The molecule has 0 aliphatic carbocycles. The number of ether oxygens (including phenoxy) is 1. The van der Waals surface area contributed by atoms with E-state index >= 15 is 0 Å². The Morgan fingerprint density at radius 3 is 2.52 bits per heavy atom. The van der Waals surface area contributed by atoms with Gasteiger partial charge in [-0.15, -0.1) is 0 Å². The number of carbonyl (C=O) groups excluding carboxylic acids is 2. The van der Waals surface area contributed by atoms with E-state index < -0.39 is 11.8 Å². The van der Waals surface area contributed by atoms with E-state index in [1.165, 1.54) is 16.2 Å². The van der Waals surface area contributed by atoms with Gasteiger partial charge in [0.15, 0.2) is 0 Å². The summed E-state index contributed by atoms with van der Waals surface area (Å²) < 4.78 is 5.07. The van der Waals surface area contributed by atoms with Crippen LogP contribution in [0.4, 0.5) is 5.69 Å². The Balaban J connectivity index is 1.93. The Kier molecular flexibility index (Phi) is 4.94. The van der Waals surface area contributed by atoms with Crippen LogP contribution >= 0.6 is 11.3 Å². The third-order valence-electron chi connectivity index (χ3n) is 2.90. The highest BCUT2D eigenvalue weighted by Crippen LogP contribution is 2.14. The number of thiophene rings is 1. The first-order valence-corrected chi connectivity index (χ1v) is 7.26. The molecule has 5 nitrogen and oxygen atoms in total. The molecule has 1 aromatic heterocycles. The van der Waals surface area contributed by atoms with Crippen LogP contribution in [0.2, 0.25) is 0 Å². The van der Waals surface area contributed by atoms with E-state index in [2.05, 4.69) is 5.32 Å². The highest BCUT2D eigenvalue weighted by molar-refractivity contribution is 7.08. The second kappa shape index (κ2) is 6.90. The number of hydrogen-bond donors (Lipinski definition) is 1. The average molecular weight is 304 g/mol. The van der Waals surface area contributed by atoms with Gasteiger partial charge in [-0.05, 0) is 29.1 Å². The van der Waals surface area contributed by atoms with E-state index in [0.717, 1.165) is 11.3 Å². The topological polar surface area (TPSA) is 58.6 Å². The van der Waals surface area contributed by atoms with Gasteiger partial charge in [-0.3, -0.25) is 9.59 Å². The highest BCUT2D eigenvalue weighted by atomic mass is 32.1. The number of carbonyl (C=O) groups is 2. The number of nitrogens with zero attached hydrogens (tertiary/aromatic N) is 1. The van der Waals surface area contributed by atoms with Crippen molar-refractivity contribution in [1.82, 2.24) is 4.90 Å². The minimum atomic E-state index is -0.635. The maximum atomic E-state index is 12.0. The summed E-state index contributed by atoms with van der Waals surface area (Å²) in [6, 6.07) is 9.11. The van der Waals surface area contributed by atoms with Gasteiger partial charge in [0, 0.05) is 19.0 Å². The Labute approximate surface area is 127 Å². The summed E-state index contributed by atoms with van der Waals surface area (Å²) in [7, 11) is 3.19. The van der Waals surface area contributed by atoms with Crippen LogP contribution in [0, 0.1) is 0 Å². The summed E-state index contributed by atoms with van der Waals surface area (Å²) in [6.07, 6.45) is 0. The van der Waals surface area contributed by atoms with Crippen LogP contribution in [0.25, 0.3) is 0 Å². The Morgan fingerprint density at radius 2 is 1.95 bits per heavy atom. The molecule has 0 aliphatic heterocycles. The summed E-state index contributed by atoms with van der Waals surface area (Å²) in [4.78, 5) is 25.2. The van der Waals surface area contributed by atoms with E-state index in [-0.39, 0.29) is 0 Å². The predicted molar refractivity (Wildman–Crippen MR) is 82.4 cm³/mol. The molecule has 0 spiro atoms. The van der Waals surface area contributed by atoms with Crippen molar-refractivity contribution in [2.75, 3.05) is 19.5 Å². The molecule has 0 atom stereocenters. The molecular formula is C15H16N2O3S. The van der Waals surface area contributed by atoms with Crippen molar-refractivity contribution in [2.45, 2.75) is 6.54 Å². The van der Waals surface area contributed by atoms with Gasteiger partial charge in [-0.2, -0.15) is 11.3 Å². The lowest BCUT2D eigenvalue weighted by Crippen LogP contribution is -2.36. The van der Waals surface area contributed by atoms with Gasteiger partial charge in [-0.1, -0.05) is 12.1 Å². The highest BCUT2D eigenvalue weighted by Gasteiger charge is 2.19. The van der Waals surface area contributed by atoms with Crippen molar-refractivity contribution in [3.8, 4) is 5.75 Å². The summed E-state index contributed by atoms with van der Waals surface area (Å²) in [6.45, 7) is 0.361. The molecule has 0 unspecified atom stereocenters. The fourth-order valence-electron chi connectivity index (χ4n) is 1.77. The molecule has 2 amide bonds. The normalized spacial score (nSPS) is 10.0. The van der Waals surface area contributed by atoms with Crippen LogP contribution in [0.15, 0.2) is 41.1 Å². The molecule has 0 radical (unpaired) electrons. The first-order valence-electron chi connectivity index (χ1n) is 6.31. The molecule has 21 heavy (non-hydrogen) atoms. The van der Waals surface area contributed by atoms with Crippen LogP contribution in [0.5, 0.6) is 5.75 Å². The van der Waals surface area contributed by atoms with E-state index in [0.29, 0.717) is 12.2 Å². The Morgan fingerprint density at radius 1 is 1.24 bits per heavy atom. The SMILES string of the molecule is COc1ccc(CN(C)C(=O)C(=O)Nc2ccsc2)cc1. The average Bonchev–Trinajstić information content (AvgIpc) is 3.00. The molecule has 1 aromatic carbocycles. The van der Waals surface area contributed by atoms with Crippen LogP contribution in [-0.4, -0.2) is 30.9 Å². The molecule has 2 aromatic rings. The zero-order chi connectivity index (χ0) is 15.2. The lowest BCUT2D eigenvalue weighted by Gasteiger charge is -2.16. The van der Waals surface area contributed by atoms with Crippen molar-refractivity contribution in [1.29, 1.82) is 0 Å². The fraction of sp³-hybridized carbons (Fsp3) is 0.200. The van der Waals surface area contributed by atoms with Crippen molar-refractivity contribution < 1.29 is 14.3 Å². The first kappa shape index (κ1) is 15.1. The monoisotopic (exact) mass is 304 g/mol. The van der Waals surface area contributed by atoms with Gasteiger partial charge in [0.1, 0.15) is 5.75 Å². The molecule has 1 heterocycles. The maximum absolute atomic E-state index is 12.0. The van der Waals surface area contributed by atoms with Gasteiger partial charge >= 0.3 is 11.8 Å². The second-order valence-electron chi connectivity index (χ2n) is 4.48. The summed E-state index contributed by atoms with van der Waals surface area (Å²) >= 11 is 1.46. The molecule has 6 heteroatoms. The van der Waals surface area contributed by atoms with Crippen LogP contribution in [-0.2, 0) is 16.1 Å². The summed E-state index contributed by atoms with van der Waals surface area (Å²) in [5.41, 5.74) is 1.56. The second-order valence-corrected chi connectivity index (χ2v) is 5.26. The lowest BCUT2D eigenvalue weighted by atomic mass is 10.2. The number of hydrogen-bond acceptors (Lipinski definition) is 4. The largest absolute Gasteiger partial charge is 0.497 e. The van der Waals surface area contributed by atoms with Crippen molar-refractivity contribution in [3.05, 3.63) is 46.7 Å². The predicted octanol–water partition coefficient (Wildman–Crippen LogP) is 2.35. The smallest absolute Gasteiger partial charge is 0.313 e. The van der Waals surface area contributed by atoms with Crippen molar-refractivity contribution in [3.63, 3.8) is 0 Å². The lowest BCUT2D eigenvalue weighted by molar-refractivity contribution is -0.142. The first-order chi connectivity index (χ1) is 10.1. The third kappa shape index (κ3) is 4.06. The van der Waals surface area contributed by atoms with E-state index in [1.54, 1.807) is 25.6 Å². The zero-order valence-electron chi connectivity index (χ0n) is 11.8. The zero-order valence-corrected chi connectivity index (χ0v) is 12.6. The van der Waals surface area contributed by atoms with Gasteiger partial charge < -0.3 is 15.0 Å². The minimum Gasteiger partial charge on any atom is -0.497 e. The number of anilines is 1. The number of nitrogens with one attached hydrogen (secondary N) is 1. The molecule has 1 N–H and O–H groups in total. The maximum Gasteiger partial charge on any atom is 0.313 e. The summed E-state index contributed by atoms with van der Waals surface area (Å²) in [5.74, 6) is -0.454. The van der Waals surface area contributed by atoms with E-state index in [9.17, 15) is 9.59 Å². The molecule has 0 bridgehead atoms. The standard InChI is InChI=1S/C15H16N2O3S/c1-17(9-11-3-5-13(20-2)6-4-11)15(19)14(18)16-12-7-8-21-10-12/h3-8,10H,9H2,1-2H3,(H,16,18). The van der Waals surface area contributed by atoms with Crippen molar-refractivity contribution >= 4 is 28.8 Å². The minimum absolute atomic E-state index is 0.361. The van der Waals surface area contributed by atoms with Gasteiger partial charge in [0.2, 0.25) is 0 Å². The molecular weight excluding hydrogens is 288 g/mol. The van der Waals surface area contributed by atoms with E-state index in [4.69, 9.17) is 4.74 Å². The Bertz CT molecular complexity index is 608. The molecule has 2 rings (SSSR count). The molecule has 0 saturated heterocycles. The molecule has 0 aliphatic rings. The van der Waals surface area contributed by atoms with Crippen LogP contribution in [0.3, 0.4) is 0 Å². The summed E-state index contributed by atoms with van der Waals surface area (Å²) in [5, 5.41) is 6.17. The van der Waals surface area contributed by atoms with E-state index in [1.807, 2.05) is 29.6 Å².